The number of rotatable bonds is 7. The van der Waals surface area contributed by atoms with E-state index in [-0.39, 0.29) is 24.0 Å². The molecule has 3 aliphatic heterocycles. The zero-order chi connectivity index (χ0) is 29.6. The van der Waals surface area contributed by atoms with Crippen molar-refractivity contribution in [3.05, 3.63) is 47.5 Å². The zero-order valence-corrected chi connectivity index (χ0v) is 25.2. The predicted molar refractivity (Wildman–Crippen MR) is 162 cm³/mol. The average Bonchev–Trinajstić information content (AvgIpc) is 3.67. The molecule has 12 heteroatoms. The van der Waals surface area contributed by atoms with E-state index in [2.05, 4.69) is 14.5 Å². The van der Waals surface area contributed by atoms with Gasteiger partial charge in [-0.25, -0.2) is 27.2 Å². The summed E-state index contributed by atoms with van der Waals surface area (Å²) < 4.78 is 49.1. The second kappa shape index (κ2) is 11.8. The van der Waals surface area contributed by atoms with Crippen LogP contribution in [0.5, 0.6) is 0 Å². The van der Waals surface area contributed by atoms with Crippen molar-refractivity contribution >= 4 is 32.7 Å². The number of aromatic nitrogens is 3. The minimum absolute atomic E-state index is 0.0200. The summed E-state index contributed by atoms with van der Waals surface area (Å²) in [6, 6.07) is 8.35. The molecule has 10 nitrogen and oxygen atoms in total. The van der Waals surface area contributed by atoms with Gasteiger partial charge in [-0.05, 0) is 88.4 Å². The van der Waals surface area contributed by atoms with Crippen LogP contribution in [0.1, 0.15) is 79.9 Å². The number of nitrogens with one attached hydrogen (secondary N) is 1. The summed E-state index contributed by atoms with van der Waals surface area (Å²) >= 11 is 0. The van der Waals surface area contributed by atoms with Crippen LogP contribution in [0.2, 0.25) is 0 Å². The van der Waals surface area contributed by atoms with Crippen molar-refractivity contribution in [2.45, 2.75) is 75.0 Å². The second-order valence-corrected chi connectivity index (χ2v) is 14.4. The predicted octanol–water partition coefficient (Wildman–Crippen LogP) is 4.13. The zero-order valence-electron chi connectivity index (χ0n) is 24.4. The van der Waals surface area contributed by atoms with Crippen LogP contribution >= 0.6 is 0 Å². The Labute approximate surface area is 251 Å². The molecule has 1 N–H and O–H groups in total. The third-order valence-electron chi connectivity index (χ3n) is 9.71. The maximum atomic E-state index is 13.9. The highest BCUT2D eigenvalue weighted by Gasteiger charge is 2.35. The largest absolute Gasteiger partial charge is 0.380 e. The van der Waals surface area contributed by atoms with Gasteiger partial charge in [0.2, 0.25) is 10.0 Å². The Kier molecular flexibility index (Phi) is 7.85. The molecule has 230 valence electrons. The molecule has 4 aliphatic rings. The van der Waals surface area contributed by atoms with Gasteiger partial charge < -0.3 is 14.5 Å². The summed E-state index contributed by atoms with van der Waals surface area (Å²) in [5, 5.41) is 5.15. The molecule has 43 heavy (non-hydrogen) atoms. The summed E-state index contributed by atoms with van der Waals surface area (Å²) in [4.78, 5) is 23.3. The van der Waals surface area contributed by atoms with Gasteiger partial charge >= 0.3 is 0 Å². The van der Waals surface area contributed by atoms with E-state index in [1.807, 2.05) is 0 Å². The van der Waals surface area contributed by atoms with Crippen molar-refractivity contribution in [3.63, 3.8) is 0 Å². The lowest BCUT2D eigenvalue weighted by Gasteiger charge is -2.41. The Morgan fingerprint density at radius 2 is 1.70 bits per heavy atom. The Bertz CT molecular complexity index is 1590. The highest BCUT2D eigenvalue weighted by molar-refractivity contribution is 7.90. The lowest BCUT2D eigenvalue weighted by Crippen LogP contribution is -2.47. The van der Waals surface area contributed by atoms with Gasteiger partial charge in [0.05, 0.1) is 29.1 Å². The molecule has 1 unspecified atom stereocenters. The number of carbonyl (C=O) groups excluding carboxylic acids is 1. The standard InChI is InChI=1S/C31H39FN6O4S/c32-22-7-9-24(10-8-22)38-30-28(29(34-38)21-5-4-6-21)27(37-16-11-23(12-17-37)36-14-2-1-3-15-36)19-26(33-30)31(39)35-43(40,41)25-13-18-42-20-25/h7-10,19,21,23,25H,1-6,11-18,20H2,(H,35,39). The number of nitrogens with zero attached hydrogens (tertiary/aromatic N) is 5. The Morgan fingerprint density at radius 3 is 2.35 bits per heavy atom. The lowest BCUT2D eigenvalue weighted by atomic mass is 9.82. The molecule has 3 saturated heterocycles. The van der Waals surface area contributed by atoms with Crippen molar-refractivity contribution in [1.29, 1.82) is 0 Å². The topological polar surface area (TPSA) is 110 Å². The van der Waals surface area contributed by atoms with Gasteiger partial charge in [0.15, 0.2) is 5.65 Å². The van der Waals surface area contributed by atoms with Crippen LogP contribution < -0.4 is 9.62 Å². The number of hydrogen-bond acceptors (Lipinski definition) is 8. The summed E-state index contributed by atoms with van der Waals surface area (Å²) in [6.45, 7) is 4.38. The number of benzene rings is 1. The number of fused-ring (bicyclic) bond motifs is 1. The molecule has 0 spiro atoms. The third-order valence-corrected chi connectivity index (χ3v) is 11.4. The highest BCUT2D eigenvalue weighted by Crippen LogP contribution is 2.43. The summed E-state index contributed by atoms with van der Waals surface area (Å²) in [6.07, 6.45) is 9.38. The van der Waals surface area contributed by atoms with Crippen LogP contribution in [-0.4, -0.2) is 84.7 Å². The van der Waals surface area contributed by atoms with Crippen molar-refractivity contribution in [2.75, 3.05) is 44.3 Å². The molecular weight excluding hydrogens is 571 g/mol. The molecule has 1 aromatic carbocycles. The summed E-state index contributed by atoms with van der Waals surface area (Å²) in [5.41, 5.74) is 2.94. The number of halogens is 1. The Morgan fingerprint density at radius 1 is 0.953 bits per heavy atom. The van der Waals surface area contributed by atoms with Crippen molar-refractivity contribution in [3.8, 4) is 5.69 Å². The molecule has 1 aliphatic carbocycles. The van der Waals surface area contributed by atoms with E-state index in [1.165, 1.54) is 31.4 Å². The fourth-order valence-corrected chi connectivity index (χ4v) is 8.21. The number of anilines is 1. The van der Waals surface area contributed by atoms with Gasteiger partial charge in [0.1, 0.15) is 16.8 Å². The number of hydrogen-bond donors (Lipinski definition) is 1. The monoisotopic (exact) mass is 610 g/mol. The smallest absolute Gasteiger partial charge is 0.283 e. The SMILES string of the molecule is O=C(NS(=O)(=O)C1CCOC1)c1cc(N2CCC(N3CCCCC3)CC2)c2c(C3CCC3)nn(-c3ccc(F)cc3)c2n1. The van der Waals surface area contributed by atoms with Crippen molar-refractivity contribution < 1.29 is 22.3 Å². The number of pyridine rings is 1. The minimum Gasteiger partial charge on any atom is -0.380 e. The molecule has 3 aromatic rings. The number of amides is 1. The molecule has 1 atom stereocenters. The second-order valence-electron chi connectivity index (χ2n) is 12.4. The molecule has 0 bridgehead atoms. The fraction of sp³-hybridized carbons (Fsp3) is 0.581. The molecule has 4 fully saturated rings. The quantitative estimate of drug-likeness (QED) is 0.426. The van der Waals surface area contributed by atoms with Gasteiger partial charge in [-0.2, -0.15) is 5.10 Å². The molecular formula is C31H39FN6O4S. The minimum atomic E-state index is -3.94. The molecule has 1 saturated carbocycles. The van der Waals surface area contributed by atoms with E-state index in [0.29, 0.717) is 30.4 Å². The van der Waals surface area contributed by atoms with Gasteiger partial charge in [-0.3, -0.25) is 4.79 Å². The number of carbonyl (C=O) groups is 1. The lowest BCUT2D eigenvalue weighted by molar-refractivity contribution is 0.0976. The van der Waals surface area contributed by atoms with E-state index < -0.39 is 21.2 Å². The molecule has 1 amide bonds. The summed E-state index contributed by atoms with van der Waals surface area (Å²) in [7, 11) is -3.94. The first-order chi connectivity index (χ1) is 20.9. The maximum Gasteiger partial charge on any atom is 0.283 e. The highest BCUT2D eigenvalue weighted by atomic mass is 32.2. The van der Waals surface area contributed by atoms with E-state index in [9.17, 15) is 17.6 Å². The van der Waals surface area contributed by atoms with Crippen LogP contribution in [0.25, 0.3) is 16.7 Å². The fourth-order valence-electron chi connectivity index (χ4n) is 7.00. The van der Waals surface area contributed by atoms with Crippen molar-refractivity contribution in [2.24, 2.45) is 0 Å². The van der Waals surface area contributed by atoms with Crippen LogP contribution in [0, 0.1) is 5.82 Å². The number of ether oxygens (including phenoxy) is 1. The third kappa shape index (κ3) is 5.64. The van der Waals surface area contributed by atoms with Crippen LogP contribution in [-0.2, 0) is 14.8 Å². The number of likely N-dealkylation sites (tertiary alicyclic amines) is 1. The Balaban J connectivity index is 1.30. The van der Waals surface area contributed by atoms with Gasteiger partial charge in [0, 0.05) is 31.7 Å². The van der Waals surface area contributed by atoms with Crippen molar-refractivity contribution in [1.82, 2.24) is 24.4 Å². The van der Waals surface area contributed by atoms with Gasteiger partial charge in [-0.15, -0.1) is 0 Å². The van der Waals surface area contributed by atoms with Gasteiger partial charge in [-0.1, -0.05) is 12.8 Å². The first-order valence-corrected chi connectivity index (χ1v) is 17.2. The van der Waals surface area contributed by atoms with E-state index >= 15 is 0 Å². The number of piperidine rings is 2. The molecule has 7 rings (SSSR count). The van der Waals surface area contributed by atoms with E-state index in [4.69, 9.17) is 14.8 Å². The maximum absolute atomic E-state index is 13.9. The normalized spacial score (nSPS) is 22.6. The number of sulfonamides is 1. The molecule has 2 aromatic heterocycles. The first-order valence-electron chi connectivity index (χ1n) is 15.7. The van der Waals surface area contributed by atoms with E-state index in [0.717, 1.165) is 75.1 Å². The van der Waals surface area contributed by atoms with Crippen LogP contribution in [0.15, 0.2) is 30.3 Å². The first kappa shape index (κ1) is 28.7. The van der Waals surface area contributed by atoms with Gasteiger partial charge in [0.25, 0.3) is 5.91 Å². The summed E-state index contributed by atoms with van der Waals surface area (Å²) in [5.74, 6) is -0.848. The van der Waals surface area contributed by atoms with Crippen LogP contribution in [0.4, 0.5) is 10.1 Å². The van der Waals surface area contributed by atoms with Crippen LogP contribution in [0.3, 0.4) is 0 Å². The Hall–Kier alpha value is -3.09. The molecule has 5 heterocycles. The van der Waals surface area contributed by atoms with E-state index in [1.54, 1.807) is 22.9 Å². The molecule has 0 radical (unpaired) electrons. The average molecular weight is 611 g/mol.